The van der Waals surface area contributed by atoms with Gasteiger partial charge in [0.25, 0.3) is 0 Å². The second kappa shape index (κ2) is 7.90. The van der Waals surface area contributed by atoms with Crippen LogP contribution in [0.25, 0.3) is 0 Å². The molecule has 0 atom stereocenters. The lowest BCUT2D eigenvalue weighted by Gasteiger charge is -2.03. The first-order chi connectivity index (χ1) is 9.04. The summed E-state index contributed by atoms with van der Waals surface area (Å²) in [6, 6.07) is 9.28. The maximum atomic E-state index is 12.0. The van der Waals surface area contributed by atoms with E-state index in [0.717, 1.165) is 15.9 Å². The Morgan fingerprint density at radius 1 is 1.15 bits per heavy atom. The molecule has 0 fully saturated rings. The summed E-state index contributed by atoms with van der Waals surface area (Å²) in [4.78, 5) is 20.6. The highest BCUT2D eigenvalue weighted by Gasteiger charge is 2.08. The Balaban J connectivity index is 0.00000200. The zero-order chi connectivity index (χ0) is 13.8. The highest BCUT2D eigenvalue weighted by atomic mass is 79.9. The summed E-state index contributed by atoms with van der Waals surface area (Å²) in [6.45, 7) is 3.85. The van der Waals surface area contributed by atoms with E-state index in [9.17, 15) is 4.79 Å². The van der Waals surface area contributed by atoms with Crippen LogP contribution in [0.3, 0.4) is 0 Å². The molecule has 0 spiro atoms. The molecule has 0 amide bonds. The number of Topliss-reactive ketones (excluding diaryl/α,β-unsaturated/α-hetero) is 1. The lowest BCUT2D eigenvalue weighted by molar-refractivity contribution is 0.102. The molecule has 0 unspecified atom stereocenters. The minimum atomic E-state index is 0. The standard InChI is InChI=1S/C14H13BrN2OS.BrH/c1-9-7-10(2)17-14(16-9)19-8-13(18)11-3-5-12(15)6-4-11;/h3-7H,8H2,1-2H3;1H. The van der Waals surface area contributed by atoms with Crippen LogP contribution in [0.5, 0.6) is 0 Å². The van der Waals surface area contributed by atoms with Gasteiger partial charge >= 0.3 is 0 Å². The summed E-state index contributed by atoms with van der Waals surface area (Å²) in [6.07, 6.45) is 0. The number of benzene rings is 1. The molecule has 6 heteroatoms. The van der Waals surface area contributed by atoms with Gasteiger partial charge in [-0.1, -0.05) is 39.8 Å². The van der Waals surface area contributed by atoms with Gasteiger partial charge in [0.15, 0.2) is 10.9 Å². The summed E-state index contributed by atoms with van der Waals surface area (Å²) in [5.74, 6) is 0.435. The van der Waals surface area contributed by atoms with Gasteiger partial charge in [0.05, 0.1) is 5.75 Å². The summed E-state index contributed by atoms with van der Waals surface area (Å²) in [7, 11) is 0. The molecule has 106 valence electrons. The maximum Gasteiger partial charge on any atom is 0.188 e. The monoisotopic (exact) mass is 416 g/mol. The molecule has 0 aliphatic heterocycles. The van der Waals surface area contributed by atoms with Crippen LogP contribution in [0.1, 0.15) is 21.7 Å². The van der Waals surface area contributed by atoms with Crippen LogP contribution in [0.15, 0.2) is 40.0 Å². The number of hydrogen-bond acceptors (Lipinski definition) is 4. The van der Waals surface area contributed by atoms with E-state index in [2.05, 4.69) is 25.9 Å². The first-order valence-corrected chi connectivity index (χ1v) is 7.56. The van der Waals surface area contributed by atoms with E-state index in [-0.39, 0.29) is 22.8 Å². The summed E-state index contributed by atoms with van der Waals surface area (Å²) >= 11 is 4.72. The lowest BCUT2D eigenvalue weighted by Crippen LogP contribution is -2.03. The normalized spacial score (nSPS) is 9.95. The number of aryl methyl sites for hydroxylation is 2. The molecule has 20 heavy (non-hydrogen) atoms. The van der Waals surface area contributed by atoms with E-state index in [1.165, 1.54) is 11.8 Å². The van der Waals surface area contributed by atoms with Crippen molar-refractivity contribution in [2.24, 2.45) is 0 Å². The van der Waals surface area contributed by atoms with Gasteiger partial charge in [0.1, 0.15) is 0 Å². The van der Waals surface area contributed by atoms with Gasteiger partial charge in [-0.25, -0.2) is 9.97 Å². The van der Waals surface area contributed by atoms with E-state index >= 15 is 0 Å². The summed E-state index contributed by atoms with van der Waals surface area (Å²) < 4.78 is 0.967. The molecule has 1 heterocycles. The van der Waals surface area contributed by atoms with Crippen LogP contribution in [0.4, 0.5) is 0 Å². The van der Waals surface area contributed by atoms with Gasteiger partial charge < -0.3 is 0 Å². The number of ketones is 1. The highest BCUT2D eigenvalue weighted by Crippen LogP contribution is 2.17. The summed E-state index contributed by atoms with van der Waals surface area (Å²) in [5, 5.41) is 0.656. The number of thioether (sulfide) groups is 1. The molecule has 0 aliphatic rings. The third kappa shape index (κ3) is 5.00. The molecule has 2 aromatic rings. The zero-order valence-electron chi connectivity index (χ0n) is 11.1. The molecule has 0 aliphatic carbocycles. The molecule has 3 nitrogen and oxygen atoms in total. The number of carbonyl (C=O) groups excluding carboxylic acids is 1. The fourth-order valence-corrected chi connectivity index (χ4v) is 2.72. The SMILES string of the molecule is Br.Cc1cc(C)nc(SCC(=O)c2ccc(Br)cc2)n1. The Hall–Kier alpha value is -0.720. The van der Waals surface area contributed by atoms with Gasteiger partial charge in [-0.3, -0.25) is 4.79 Å². The first kappa shape index (κ1) is 17.3. The average Bonchev–Trinajstić information content (AvgIpc) is 2.36. The fourth-order valence-electron chi connectivity index (χ4n) is 1.61. The van der Waals surface area contributed by atoms with Crippen molar-refractivity contribution in [1.82, 2.24) is 9.97 Å². The molecule has 0 radical (unpaired) electrons. The van der Waals surface area contributed by atoms with Gasteiger partial charge in [0, 0.05) is 21.4 Å². The molecule has 0 N–H and O–H groups in total. The van der Waals surface area contributed by atoms with Crippen LogP contribution in [-0.2, 0) is 0 Å². The van der Waals surface area contributed by atoms with Crippen molar-refractivity contribution in [3.05, 3.63) is 51.8 Å². The van der Waals surface area contributed by atoms with E-state index in [1.54, 1.807) is 0 Å². The second-order valence-electron chi connectivity index (χ2n) is 4.15. The third-order valence-corrected chi connectivity index (χ3v) is 3.84. The number of carbonyl (C=O) groups is 1. The van der Waals surface area contributed by atoms with Gasteiger partial charge in [-0.15, -0.1) is 17.0 Å². The molecule has 1 aromatic carbocycles. The molecule has 0 bridgehead atoms. The van der Waals surface area contributed by atoms with Crippen molar-refractivity contribution < 1.29 is 4.79 Å². The maximum absolute atomic E-state index is 12.0. The molecule has 2 rings (SSSR count). The zero-order valence-corrected chi connectivity index (χ0v) is 15.2. The number of rotatable bonds is 4. The van der Waals surface area contributed by atoms with Crippen LogP contribution in [0.2, 0.25) is 0 Å². The number of hydrogen-bond donors (Lipinski definition) is 0. The molecule has 0 saturated heterocycles. The predicted molar refractivity (Wildman–Crippen MR) is 91.0 cm³/mol. The Morgan fingerprint density at radius 3 is 2.25 bits per heavy atom. The quantitative estimate of drug-likeness (QED) is 0.419. The smallest absolute Gasteiger partial charge is 0.188 e. The van der Waals surface area contributed by atoms with E-state index in [1.807, 2.05) is 44.2 Å². The average molecular weight is 418 g/mol. The largest absolute Gasteiger partial charge is 0.293 e. The topological polar surface area (TPSA) is 42.9 Å². The number of halogens is 2. The van der Waals surface area contributed by atoms with Crippen molar-refractivity contribution >= 4 is 50.5 Å². The molecule has 1 aromatic heterocycles. The number of aromatic nitrogens is 2. The Labute approximate surface area is 141 Å². The third-order valence-electron chi connectivity index (χ3n) is 2.46. The van der Waals surface area contributed by atoms with Crippen LogP contribution < -0.4 is 0 Å². The fraction of sp³-hybridized carbons (Fsp3) is 0.214. The molecule has 0 saturated carbocycles. The lowest BCUT2D eigenvalue weighted by atomic mass is 10.2. The second-order valence-corrected chi connectivity index (χ2v) is 6.01. The van der Waals surface area contributed by atoms with Crippen molar-refractivity contribution in [3.63, 3.8) is 0 Å². The van der Waals surface area contributed by atoms with E-state index in [0.29, 0.717) is 16.5 Å². The van der Waals surface area contributed by atoms with Crippen molar-refractivity contribution in [2.75, 3.05) is 5.75 Å². The minimum absolute atomic E-state index is 0. The number of nitrogens with zero attached hydrogens (tertiary/aromatic N) is 2. The van der Waals surface area contributed by atoms with Crippen molar-refractivity contribution in [3.8, 4) is 0 Å². The van der Waals surface area contributed by atoms with Gasteiger partial charge in [0.2, 0.25) is 0 Å². The van der Waals surface area contributed by atoms with Crippen LogP contribution in [-0.4, -0.2) is 21.5 Å². The van der Waals surface area contributed by atoms with Gasteiger partial charge in [-0.2, -0.15) is 0 Å². The van der Waals surface area contributed by atoms with Gasteiger partial charge in [-0.05, 0) is 32.0 Å². The highest BCUT2D eigenvalue weighted by molar-refractivity contribution is 9.10. The Kier molecular flexibility index (Phi) is 6.85. The van der Waals surface area contributed by atoms with Crippen molar-refractivity contribution in [2.45, 2.75) is 19.0 Å². The Bertz CT molecular complexity index is 582. The molecular weight excluding hydrogens is 404 g/mol. The first-order valence-electron chi connectivity index (χ1n) is 5.78. The minimum Gasteiger partial charge on any atom is -0.293 e. The summed E-state index contributed by atoms with van der Waals surface area (Å²) in [5.41, 5.74) is 2.55. The van der Waals surface area contributed by atoms with Crippen molar-refractivity contribution in [1.29, 1.82) is 0 Å². The Morgan fingerprint density at radius 2 is 1.70 bits per heavy atom. The van der Waals surface area contributed by atoms with E-state index < -0.39 is 0 Å². The van der Waals surface area contributed by atoms with E-state index in [4.69, 9.17) is 0 Å². The van der Waals surface area contributed by atoms with Crippen LogP contribution in [0, 0.1) is 13.8 Å². The molecular formula is C14H14Br2N2OS. The van der Waals surface area contributed by atoms with Crippen LogP contribution >= 0.6 is 44.7 Å². The predicted octanol–water partition coefficient (Wildman–Crippen LogP) is 4.41.